The molecule has 2 aromatic rings. The van der Waals surface area contributed by atoms with E-state index in [4.69, 9.17) is 0 Å². The summed E-state index contributed by atoms with van der Waals surface area (Å²) in [4.78, 5) is 2.27. The summed E-state index contributed by atoms with van der Waals surface area (Å²) in [6.07, 6.45) is 6.79. The van der Waals surface area contributed by atoms with Crippen LogP contribution in [0.1, 0.15) is 50.2 Å². The molecule has 1 unspecified atom stereocenters. The van der Waals surface area contributed by atoms with Crippen molar-refractivity contribution in [2.75, 3.05) is 14.1 Å². The Labute approximate surface area is 131 Å². The van der Waals surface area contributed by atoms with Crippen molar-refractivity contribution in [2.45, 2.75) is 50.2 Å². The largest absolute Gasteiger partial charge is 0.386 e. The van der Waals surface area contributed by atoms with Gasteiger partial charge in [0.2, 0.25) is 0 Å². The highest BCUT2D eigenvalue weighted by atomic mass is 32.1. The van der Waals surface area contributed by atoms with Crippen molar-refractivity contribution >= 4 is 21.4 Å². The van der Waals surface area contributed by atoms with Crippen LogP contribution in [0, 0.1) is 0 Å². The Morgan fingerprint density at radius 2 is 1.81 bits per heavy atom. The fraction of sp³-hybridized carbons (Fsp3) is 0.556. The van der Waals surface area contributed by atoms with Crippen LogP contribution in [0.5, 0.6) is 0 Å². The summed E-state index contributed by atoms with van der Waals surface area (Å²) in [6.45, 7) is 0. The normalized spacial score (nSPS) is 20.6. The zero-order valence-electron chi connectivity index (χ0n) is 13.0. The van der Waals surface area contributed by atoms with Gasteiger partial charge in [0.05, 0.1) is 11.6 Å². The molecule has 1 N–H and O–H groups in total. The lowest BCUT2D eigenvalue weighted by molar-refractivity contribution is -0.0189. The molecule has 0 saturated heterocycles. The van der Waals surface area contributed by atoms with Gasteiger partial charge in [-0.2, -0.15) is 0 Å². The lowest BCUT2D eigenvalue weighted by Gasteiger charge is -2.43. The molecule has 114 valence electrons. The third-order valence-corrected chi connectivity index (χ3v) is 6.15. The second-order valence-corrected chi connectivity index (χ2v) is 7.42. The lowest BCUT2D eigenvalue weighted by Crippen LogP contribution is -2.49. The Morgan fingerprint density at radius 1 is 1.10 bits per heavy atom. The molecule has 1 fully saturated rings. The predicted molar refractivity (Wildman–Crippen MR) is 90.9 cm³/mol. The second kappa shape index (κ2) is 6.07. The van der Waals surface area contributed by atoms with E-state index in [0.717, 1.165) is 18.4 Å². The number of thiophene rings is 1. The topological polar surface area (TPSA) is 23.5 Å². The van der Waals surface area contributed by atoms with Crippen molar-refractivity contribution in [1.82, 2.24) is 4.90 Å². The van der Waals surface area contributed by atoms with Crippen LogP contribution in [-0.4, -0.2) is 29.6 Å². The molecule has 0 radical (unpaired) electrons. The van der Waals surface area contributed by atoms with Crippen LogP contribution in [0.25, 0.3) is 10.1 Å². The minimum absolute atomic E-state index is 0.116. The minimum Gasteiger partial charge on any atom is -0.386 e. The summed E-state index contributed by atoms with van der Waals surface area (Å²) in [6, 6.07) is 8.47. The van der Waals surface area contributed by atoms with Gasteiger partial charge in [0, 0.05) is 10.3 Å². The van der Waals surface area contributed by atoms with Crippen LogP contribution in [0.15, 0.2) is 29.6 Å². The van der Waals surface area contributed by atoms with Crippen LogP contribution in [0.3, 0.4) is 0 Å². The van der Waals surface area contributed by atoms with Gasteiger partial charge in [0.25, 0.3) is 0 Å². The number of hydrogen-bond donors (Lipinski definition) is 1. The van der Waals surface area contributed by atoms with E-state index in [-0.39, 0.29) is 5.54 Å². The Balaban J connectivity index is 2.04. The van der Waals surface area contributed by atoms with Gasteiger partial charge in [-0.1, -0.05) is 43.9 Å². The van der Waals surface area contributed by atoms with Gasteiger partial charge in [0.1, 0.15) is 0 Å². The zero-order chi connectivity index (χ0) is 14.9. The first-order valence-corrected chi connectivity index (χ1v) is 8.85. The summed E-state index contributed by atoms with van der Waals surface area (Å²) in [7, 11) is 4.26. The highest BCUT2D eigenvalue weighted by molar-refractivity contribution is 7.17. The van der Waals surface area contributed by atoms with Crippen molar-refractivity contribution in [3.05, 3.63) is 35.2 Å². The number of benzene rings is 1. The van der Waals surface area contributed by atoms with Crippen LogP contribution in [-0.2, 0) is 0 Å². The molecule has 1 atom stereocenters. The minimum atomic E-state index is -0.409. The molecule has 2 nitrogen and oxygen atoms in total. The van der Waals surface area contributed by atoms with E-state index in [9.17, 15) is 5.11 Å². The molecule has 1 aliphatic rings. The summed E-state index contributed by atoms with van der Waals surface area (Å²) >= 11 is 1.74. The van der Waals surface area contributed by atoms with Crippen molar-refractivity contribution in [3.63, 3.8) is 0 Å². The maximum atomic E-state index is 11.3. The zero-order valence-corrected chi connectivity index (χ0v) is 13.8. The second-order valence-electron chi connectivity index (χ2n) is 6.50. The molecule has 0 bridgehead atoms. The summed E-state index contributed by atoms with van der Waals surface area (Å²) in [5.74, 6) is 0. The molecule has 1 heterocycles. The van der Waals surface area contributed by atoms with E-state index in [1.807, 2.05) is 0 Å². The molecule has 0 spiro atoms. The average molecular weight is 303 g/mol. The Hall–Kier alpha value is -0.900. The monoisotopic (exact) mass is 303 g/mol. The van der Waals surface area contributed by atoms with Crippen LogP contribution < -0.4 is 0 Å². The highest BCUT2D eigenvalue weighted by Crippen LogP contribution is 2.43. The van der Waals surface area contributed by atoms with Crippen molar-refractivity contribution < 1.29 is 5.11 Å². The fourth-order valence-corrected chi connectivity index (χ4v) is 4.77. The van der Waals surface area contributed by atoms with Gasteiger partial charge in [-0.25, -0.2) is 0 Å². The molecule has 3 heteroatoms. The molecule has 1 aromatic heterocycles. The molecule has 21 heavy (non-hydrogen) atoms. The van der Waals surface area contributed by atoms with Gasteiger partial charge in [0.15, 0.2) is 0 Å². The third-order valence-electron chi connectivity index (χ3n) is 5.17. The van der Waals surface area contributed by atoms with Crippen LogP contribution in [0.4, 0.5) is 0 Å². The number of hydrogen-bond acceptors (Lipinski definition) is 3. The summed E-state index contributed by atoms with van der Waals surface area (Å²) in [5, 5.41) is 14.6. The number of aliphatic hydroxyl groups excluding tert-OH is 1. The average Bonchev–Trinajstić information content (AvgIpc) is 2.82. The van der Waals surface area contributed by atoms with E-state index in [2.05, 4.69) is 48.6 Å². The van der Waals surface area contributed by atoms with Gasteiger partial charge in [-0.05, 0) is 43.8 Å². The third kappa shape index (κ3) is 2.63. The van der Waals surface area contributed by atoms with Crippen molar-refractivity contribution in [1.29, 1.82) is 0 Å². The quantitative estimate of drug-likeness (QED) is 0.838. The maximum Gasteiger partial charge on any atom is 0.0987 e. The van der Waals surface area contributed by atoms with E-state index < -0.39 is 6.10 Å². The standard InChI is InChI=1S/C18H25NOS/c1-19(2)18(11-5-3-4-6-12-18)17(20)15-9-7-8-14-10-13-21-16(14)15/h7-10,13,17,20H,3-6,11-12H2,1-2H3. The molecular formula is C18H25NOS. The van der Waals surface area contributed by atoms with Crippen molar-refractivity contribution in [2.24, 2.45) is 0 Å². The Kier molecular flexibility index (Phi) is 4.34. The molecule has 1 saturated carbocycles. The van der Waals surface area contributed by atoms with Crippen LogP contribution in [0.2, 0.25) is 0 Å². The molecule has 0 aliphatic heterocycles. The number of likely N-dealkylation sites (N-methyl/N-ethyl adjacent to an activating group) is 1. The van der Waals surface area contributed by atoms with Gasteiger partial charge in [-0.3, -0.25) is 0 Å². The number of rotatable bonds is 3. The van der Waals surface area contributed by atoms with E-state index in [0.29, 0.717) is 0 Å². The first-order chi connectivity index (χ1) is 10.1. The van der Waals surface area contributed by atoms with Gasteiger partial charge >= 0.3 is 0 Å². The van der Waals surface area contributed by atoms with Gasteiger partial charge in [-0.15, -0.1) is 11.3 Å². The molecular weight excluding hydrogens is 278 g/mol. The fourth-order valence-electron chi connectivity index (χ4n) is 3.83. The van der Waals surface area contributed by atoms with Crippen LogP contribution >= 0.6 is 11.3 Å². The number of fused-ring (bicyclic) bond motifs is 1. The summed E-state index contributed by atoms with van der Waals surface area (Å²) in [5.41, 5.74) is 0.993. The van der Waals surface area contributed by atoms with E-state index in [1.54, 1.807) is 11.3 Å². The van der Waals surface area contributed by atoms with Gasteiger partial charge < -0.3 is 10.0 Å². The highest BCUT2D eigenvalue weighted by Gasteiger charge is 2.41. The van der Waals surface area contributed by atoms with E-state index in [1.165, 1.54) is 35.8 Å². The smallest absolute Gasteiger partial charge is 0.0987 e. The lowest BCUT2D eigenvalue weighted by atomic mass is 9.80. The van der Waals surface area contributed by atoms with Crippen molar-refractivity contribution in [3.8, 4) is 0 Å². The first-order valence-electron chi connectivity index (χ1n) is 7.97. The maximum absolute atomic E-state index is 11.3. The van der Waals surface area contributed by atoms with E-state index >= 15 is 0 Å². The molecule has 1 aromatic carbocycles. The summed E-state index contributed by atoms with van der Waals surface area (Å²) < 4.78 is 1.25. The number of nitrogens with zero attached hydrogens (tertiary/aromatic N) is 1. The SMILES string of the molecule is CN(C)C1(C(O)c2cccc3ccsc23)CCCCCC1. The predicted octanol–water partition coefficient (Wildman–Crippen LogP) is 4.59. The number of aliphatic hydroxyl groups is 1. The molecule has 1 aliphatic carbocycles. The Bertz CT molecular complexity index is 596. The Morgan fingerprint density at radius 3 is 2.48 bits per heavy atom. The first kappa shape index (κ1) is 15.0. The molecule has 0 amide bonds. The molecule has 3 rings (SSSR count).